The van der Waals surface area contributed by atoms with Gasteiger partial charge in [0, 0.05) is 13.6 Å². The fourth-order valence-electron chi connectivity index (χ4n) is 4.49. The Morgan fingerprint density at radius 1 is 0.949 bits per heavy atom. The van der Waals surface area contributed by atoms with Crippen LogP contribution in [0.4, 0.5) is 5.69 Å². The van der Waals surface area contributed by atoms with Crippen molar-refractivity contribution >= 4 is 27.5 Å². The monoisotopic (exact) mass is 551 g/mol. The number of nitrogens with one attached hydrogen (secondary N) is 1. The highest BCUT2D eigenvalue weighted by molar-refractivity contribution is 7.92. The molecule has 1 N–H and O–H groups in total. The van der Waals surface area contributed by atoms with E-state index in [2.05, 4.69) is 5.32 Å². The Balaban J connectivity index is 2.10. The maximum Gasteiger partial charge on any atom is 0.264 e. The minimum absolute atomic E-state index is 0.0820. The number of carbonyl (C=O) groups is 2. The molecule has 9 heteroatoms. The van der Waals surface area contributed by atoms with Crippen LogP contribution in [-0.4, -0.2) is 51.9 Å². The van der Waals surface area contributed by atoms with Gasteiger partial charge < -0.3 is 15.0 Å². The van der Waals surface area contributed by atoms with Crippen LogP contribution in [0.25, 0.3) is 0 Å². The van der Waals surface area contributed by atoms with Crippen LogP contribution in [0.3, 0.4) is 0 Å². The number of likely N-dealkylation sites (N-methyl/N-ethyl adjacent to an activating group) is 1. The third kappa shape index (κ3) is 6.97. The van der Waals surface area contributed by atoms with Crippen molar-refractivity contribution in [2.45, 2.75) is 51.6 Å². The average Bonchev–Trinajstić information content (AvgIpc) is 2.92. The molecule has 1 unspecified atom stereocenters. The van der Waals surface area contributed by atoms with E-state index < -0.39 is 28.5 Å². The fourth-order valence-corrected chi connectivity index (χ4v) is 5.97. The van der Waals surface area contributed by atoms with E-state index in [1.165, 1.54) is 11.9 Å². The maximum absolute atomic E-state index is 14.0. The first-order valence-corrected chi connectivity index (χ1v) is 14.3. The van der Waals surface area contributed by atoms with Crippen LogP contribution in [0, 0.1) is 20.8 Å². The number of ether oxygens (including phenoxy) is 1. The summed E-state index contributed by atoms with van der Waals surface area (Å²) < 4.78 is 34.4. The zero-order valence-electron chi connectivity index (χ0n) is 23.4. The molecule has 2 amide bonds. The van der Waals surface area contributed by atoms with Crippen LogP contribution < -0.4 is 14.4 Å². The van der Waals surface area contributed by atoms with Crippen LogP contribution in [0.15, 0.2) is 71.6 Å². The number of benzene rings is 3. The van der Waals surface area contributed by atoms with Gasteiger partial charge in [0.2, 0.25) is 11.8 Å². The van der Waals surface area contributed by atoms with E-state index in [0.29, 0.717) is 17.9 Å². The molecular weight excluding hydrogens is 514 g/mol. The van der Waals surface area contributed by atoms with Crippen LogP contribution in [0.2, 0.25) is 0 Å². The Kier molecular flexibility index (Phi) is 9.75. The number of amides is 2. The number of aryl methyl sites for hydroxylation is 3. The van der Waals surface area contributed by atoms with E-state index >= 15 is 0 Å². The fraction of sp³-hybridized carbons (Fsp3) is 0.333. The van der Waals surface area contributed by atoms with Crippen molar-refractivity contribution < 1.29 is 22.7 Å². The molecule has 208 valence electrons. The lowest BCUT2D eigenvalue weighted by Gasteiger charge is -2.33. The van der Waals surface area contributed by atoms with Crippen LogP contribution in [0.1, 0.15) is 35.6 Å². The van der Waals surface area contributed by atoms with E-state index in [1.54, 1.807) is 49.6 Å². The molecule has 0 heterocycles. The zero-order valence-corrected chi connectivity index (χ0v) is 24.2. The van der Waals surface area contributed by atoms with E-state index in [1.807, 2.05) is 52.0 Å². The van der Waals surface area contributed by atoms with E-state index in [-0.39, 0.29) is 17.3 Å². The molecular formula is C30H37N3O5S. The molecule has 0 spiro atoms. The number of carbonyl (C=O) groups excluding carboxylic acids is 2. The Bertz CT molecular complexity index is 1420. The Labute approximate surface area is 231 Å². The number of hydrogen-bond donors (Lipinski definition) is 1. The van der Waals surface area contributed by atoms with Crippen molar-refractivity contribution in [3.8, 4) is 5.75 Å². The van der Waals surface area contributed by atoms with Gasteiger partial charge in [-0.05, 0) is 68.7 Å². The summed E-state index contributed by atoms with van der Waals surface area (Å²) in [5.74, 6) is -0.205. The highest BCUT2D eigenvalue weighted by Crippen LogP contribution is 2.28. The number of anilines is 1. The van der Waals surface area contributed by atoms with Gasteiger partial charge in [0.25, 0.3) is 10.0 Å². The SMILES string of the molecule is CCC(C(=O)NC)N(Cc1cccc(OC)c1)C(=O)CN(c1ccc(C)cc1C)S(=O)(=O)c1ccc(C)cc1. The van der Waals surface area contributed by atoms with E-state index in [9.17, 15) is 18.0 Å². The van der Waals surface area contributed by atoms with Gasteiger partial charge in [-0.1, -0.05) is 54.4 Å². The maximum atomic E-state index is 14.0. The van der Waals surface area contributed by atoms with E-state index in [0.717, 1.165) is 26.6 Å². The van der Waals surface area contributed by atoms with Crippen molar-refractivity contribution in [3.05, 3.63) is 89.0 Å². The smallest absolute Gasteiger partial charge is 0.264 e. The number of rotatable bonds is 11. The van der Waals surface area contributed by atoms with Gasteiger partial charge >= 0.3 is 0 Å². The molecule has 39 heavy (non-hydrogen) atoms. The average molecular weight is 552 g/mol. The van der Waals surface area contributed by atoms with Gasteiger partial charge in [-0.3, -0.25) is 13.9 Å². The second-order valence-corrected chi connectivity index (χ2v) is 11.4. The number of hydrogen-bond acceptors (Lipinski definition) is 5. The quantitative estimate of drug-likeness (QED) is 0.382. The second kappa shape index (κ2) is 12.8. The molecule has 0 aliphatic rings. The highest BCUT2D eigenvalue weighted by Gasteiger charge is 2.34. The summed E-state index contributed by atoms with van der Waals surface area (Å²) in [7, 11) is -1.04. The van der Waals surface area contributed by atoms with Gasteiger partial charge in [0.05, 0.1) is 17.7 Å². The predicted octanol–water partition coefficient (Wildman–Crippen LogP) is 4.37. The summed E-state index contributed by atoms with van der Waals surface area (Å²) in [5, 5.41) is 2.63. The van der Waals surface area contributed by atoms with Crippen molar-refractivity contribution in [2.75, 3.05) is 25.0 Å². The summed E-state index contributed by atoms with van der Waals surface area (Å²) in [6, 6.07) is 18.4. The standard InChI is InChI=1S/C30H37N3O5S/c1-7-27(30(35)31-5)32(19-24-9-8-10-25(18-24)38-6)29(34)20-33(28-16-13-22(3)17-23(28)4)39(36,37)26-14-11-21(2)12-15-26/h8-18,27H,7,19-20H2,1-6H3,(H,31,35). The third-order valence-corrected chi connectivity index (χ3v) is 8.40. The van der Waals surface area contributed by atoms with Crippen LogP contribution >= 0.6 is 0 Å². The number of sulfonamides is 1. The van der Waals surface area contributed by atoms with Gasteiger partial charge in [-0.15, -0.1) is 0 Å². The molecule has 0 saturated heterocycles. The topological polar surface area (TPSA) is 96.0 Å². The first-order valence-electron chi connectivity index (χ1n) is 12.8. The molecule has 8 nitrogen and oxygen atoms in total. The van der Waals surface area contributed by atoms with Gasteiger partial charge in [-0.25, -0.2) is 8.42 Å². The van der Waals surface area contributed by atoms with Gasteiger partial charge in [-0.2, -0.15) is 0 Å². The molecule has 0 fully saturated rings. The van der Waals surface area contributed by atoms with Crippen LogP contribution in [-0.2, 0) is 26.2 Å². The lowest BCUT2D eigenvalue weighted by molar-refractivity contribution is -0.140. The summed E-state index contributed by atoms with van der Waals surface area (Å²) >= 11 is 0. The lowest BCUT2D eigenvalue weighted by Crippen LogP contribution is -2.51. The van der Waals surface area contributed by atoms with E-state index in [4.69, 9.17) is 4.74 Å². The summed E-state index contributed by atoms with van der Waals surface area (Å²) in [4.78, 5) is 28.4. The molecule has 0 saturated carbocycles. The molecule has 0 aliphatic carbocycles. The Hall–Kier alpha value is -3.85. The molecule has 0 aliphatic heterocycles. The Morgan fingerprint density at radius 3 is 2.21 bits per heavy atom. The minimum atomic E-state index is -4.11. The molecule has 0 radical (unpaired) electrons. The van der Waals surface area contributed by atoms with Gasteiger partial charge in [0.1, 0.15) is 18.3 Å². The summed E-state index contributed by atoms with van der Waals surface area (Å²) in [5.41, 5.74) is 3.77. The number of methoxy groups -OCH3 is 1. The first-order chi connectivity index (χ1) is 18.5. The highest BCUT2D eigenvalue weighted by atomic mass is 32.2. The first kappa shape index (κ1) is 29.7. The summed E-state index contributed by atoms with van der Waals surface area (Å²) in [6.45, 7) is 7.06. The Morgan fingerprint density at radius 2 is 1.62 bits per heavy atom. The molecule has 1 atom stereocenters. The predicted molar refractivity (Wildman–Crippen MR) is 153 cm³/mol. The number of nitrogens with zero attached hydrogens (tertiary/aromatic N) is 2. The molecule has 0 bridgehead atoms. The van der Waals surface area contributed by atoms with Crippen molar-refractivity contribution in [2.24, 2.45) is 0 Å². The molecule has 3 aromatic carbocycles. The lowest BCUT2D eigenvalue weighted by atomic mass is 10.1. The minimum Gasteiger partial charge on any atom is -0.497 e. The zero-order chi connectivity index (χ0) is 28.7. The summed E-state index contributed by atoms with van der Waals surface area (Å²) in [6.07, 6.45) is 0.351. The van der Waals surface area contributed by atoms with Crippen LogP contribution in [0.5, 0.6) is 5.75 Å². The second-order valence-electron chi connectivity index (χ2n) is 9.53. The van der Waals surface area contributed by atoms with Crippen molar-refractivity contribution in [1.29, 1.82) is 0 Å². The van der Waals surface area contributed by atoms with Crippen molar-refractivity contribution in [1.82, 2.24) is 10.2 Å². The normalized spacial score (nSPS) is 11.9. The molecule has 3 aromatic rings. The van der Waals surface area contributed by atoms with Gasteiger partial charge in [0.15, 0.2) is 0 Å². The largest absolute Gasteiger partial charge is 0.497 e. The third-order valence-electron chi connectivity index (χ3n) is 6.63. The molecule has 3 rings (SSSR count). The van der Waals surface area contributed by atoms with Crippen molar-refractivity contribution in [3.63, 3.8) is 0 Å². The molecule has 0 aromatic heterocycles.